The minimum absolute atomic E-state index is 0.0952. The molecule has 1 heterocycles. The number of carbonyl (C=O) groups is 1. The van der Waals surface area contributed by atoms with Crippen LogP contribution in [0.4, 0.5) is 5.69 Å². The molecule has 0 bridgehead atoms. The molecule has 1 amide bonds. The molecule has 5 N–H and O–H groups in total. The van der Waals surface area contributed by atoms with Crippen LogP contribution >= 0.6 is 0 Å². The highest BCUT2D eigenvalue weighted by molar-refractivity contribution is 5.95. The van der Waals surface area contributed by atoms with Gasteiger partial charge in [-0.05, 0) is 25.1 Å². The van der Waals surface area contributed by atoms with E-state index in [1.807, 2.05) is 6.92 Å². The van der Waals surface area contributed by atoms with Gasteiger partial charge in [-0.1, -0.05) is 0 Å². The number of nitrogens with two attached hydrogens (primary N) is 1. The van der Waals surface area contributed by atoms with Gasteiger partial charge in [-0.25, -0.2) is 0 Å². The number of nitrogen functional groups attached to an aromatic ring is 1. The average Bonchev–Trinajstić information content (AvgIpc) is 2.75. The normalized spacial score (nSPS) is 10.3. The number of hydrogen-bond acceptors (Lipinski definition) is 4. The van der Waals surface area contributed by atoms with Crippen LogP contribution < -0.4 is 11.1 Å². The maximum atomic E-state index is 11.8. The Balaban J connectivity index is 2.04. The monoisotopic (exact) mass is 246 g/mol. The zero-order valence-electron chi connectivity index (χ0n) is 9.90. The Labute approximate surface area is 104 Å². The van der Waals surface area contributed by atoms with Crippen molar-refractivity contribution in [3.8, 4) is 5.75 Å². The average molecular weight is 246 g/mol. The molecular weight excluding hydrogens is 232 g/mol. The molecule has 6 heteroatoms. The molecule has 0 saturated carbocycles. The number of amides is 1. The number of aromatic amines is 1. The number of aryl methyl sites for hydroxylation is 1. The van der Waals surface area contributed by atoms with Gasteiger partial charge >= 0.3 is 0 Å². The van der Waals surface area contributed by atoms with E-state index in [4.69, 9.17) is 5.73 Å². The maximum absolute atomic E-state index is 11.8. The number of nitrogens with one attached hydrogen (secondary N) is 2. The molecule has 0 spiro atoms. The van der Waals surface area contributed by atoms with Gasteiger partial charge in [-0.15, -0.1) is 0 Å². The lowest BCUT2D eigenvalue weighted by Gasteiger charge is -2.06. The SMILES string of the molecule is Cc1[nH]ncc1CNC(=O)c1ccc(N)c(O)c1. The molecule has 0 aliphatic carbocycles. The first-order chi connectivity index (χ1) is 8.58. The van der Waals surface area contributed by atoms with Gasteiger partial charge in [0.05, 0.1) is 11.9 Å². The van der Waals surface area contributed by atoms with Gasteiger partial charge in [0.2, 0.25) is 0 Å². The summed E-state index contributed by atoms with van der Waals surface area (Å²) in [5.74, 6) is -0.368. The predicted molar refractivity (Wildman–Crippen MR) is 67.0 cm³/mol. The number of phenols is 1. The Kier molecular flexibility index (Phi) is 3.18. The first kappa shape index (κ1) is 12.0. The minimum Gasteiger partial charge on any atom is -0.506 e. The Morgan fingerprint density at radius 2 is 2.33 bits per heavy atom. The second-order valence-electron chi connectivity index (χ2n) is 3.98. The van der Waals surface area contributed by atoms with Gasteiger partial charge in [0.15, 0.2) is 0 Å². The molecule has 6 nitrogen and oxygen atoms in total. The smallest absolute Gasteiger partial charge is 0.251 e. The molecule has 0 aliphatic rings. The third-order valence-electron chi connectivity index (χ3n) is 2.67. The summed E-state index contributed by atoms with van der Waals surface area (Å²) < 4.78 is 0. The number of phenolic OH excluding ortho intramolecular Hbond substituents is 1. The van der Waals surface area contributed by atoms with Crippen molar-refractivity contribution in [3.05, 3.63) is 41.2 Å². The Morgan fingerprint density at radius 1 is 1.56 bits per heavy atom. The molecule has 0 aliphatic heterocycles. The van der Waals surface area contributed by atoms with E-state index in [-0.39, 0.29) is 17.3 Å². The molecular formula is C12H14N4O2. The van der Waals surface area contributed by atoms with Crippen LogP contribution in [-0.4, -0.2) is 21.2 Å². The van der Waals surface area contributed by atoms with Crippen LogP contribution in [0.2, 0.25) is 0 Å². The maximum Gasteiger partial charge on any atom is 0.251 e. The van der Waals surface area contributed by atoms with Crippen LogP contribution in [0.15, 0.2) is 24.4 Å². The number of H-pyrrole nitrogens is 1. The number of carbonyl (C=O) groups excluding carboxylic acids is 1. The summed E-state index contributed by atoms with van der Waals surface area (Å²) in [5.41, 5.74) is 7.91. The third-order valence-corrected chi connectivity index (χ3v) is 2.67. The lowest BCUT2D eigenvalue weighted by Crippen LogP contribution is -2.22. The van der Waals surface area contributed by atoms with E-state index in [1.54, 1.807) is 12.3 Å². The molecule has 18 heavy (non-hydrogen) atoms. The van der Waals surface area contributed by atoms with Gasteiger partial charge < -0.3 is 16.2 Å². The second kappa shape index (κ2) is 4.79. The van der Waals surface area contributed by atoms with Crippen molar-refractivity contribution in [2.24, 2.45) is 0 Å². The number of rotatable bonds is 3. The first-order valence-corrected chi connectivity index (χ1v) is 5.43. The number of aromatic hydroxyl groups is 1. The van der Waals surface area contributed by atoms with Crippen molar-refractivity contribution in [3.63, 3.8) is 0 Å². The number of benzene rings is 1. The van der Waals surface area contributed by atoms with Gasteiger partial charge in [0, 0.05) is 23.4 Å². The lowest BCUT2D eigenvalue weighted by atomic mass is 10.1. The summed E-state index contributed by atoms with van der Waals surface area (Å²) in [6, 6.07) is 4.40. The molecule has 2 aromatic rings. The largest absolute Gasteiger partial charge is 0.506 e. The van der Waals surface area contributed by atoms with Crippen molar-refractivity contribution in [2.45, 2.75) is 13.5 Å². The zero-order chi connectivity index (χ0) is 13.1. The summed E-state index contributed by atoms with van der Waals surface area (Å²) in [7, 11) is 0. The molecule has 0 unspecified atom stereocenters. The van der Waals surface area contributed by atoms with Crippen molar-refractivity contribution in [2.75, 3.05) is 5.73 Å². The molecule has 0 radical (unpaired) electrons. The molecule has 1 aromatic heterocycles. The highest BCUT2D eigenvalue weighted by Gasteiger charge is 2.08. The second-order valence-corrected chi connectivity index (χ2v) is 3.98. The zero-order valence-corrected chi connectivity index (χ0v) is 9.90. The highest BCUT2D eigenvalue weighted by Crippen LogP contribution is 2.20. The van der Waals surface area contributed by atoms with Gasteiger partial charge in [0.25, 0.3) is 5.91 Å². The Hall–Kier alpha value is -2.50. The topological polar surface area (TPSA) is 104 Å². The number of hydrogen-bond donors (Lipinski definition) is 4. The molecule has 0 atom stereocenters. The number of nitrogens with zero attached hydrogens (tertiary/aromatic N) is 1. The van der Waals surface area contributed by atoms with Crippen LogP contribution in [0, 0.1) is 6.92 Å². The van der Waals surface area contributed by atoms with Gasteiger partial charge in [-0.3, -0.25) is 9.89 Å². The van der Waals surface area contributed by atoms with E-state index >= 15 is 0 Å². The summed E-state index contributed by atoms with van der Waals surface area (Å²) in [6.07, 6.45) is 1.66. The van der Waals surface area contributed by atoms with Crippen molar-refractivity contribution in [1.29, 1.82) is 0 Å². The van der Waals surface area contributed by atoms with E-state index in [0.29, 0.717) is 12.1 Å². The van der Waals surface area contributed by atoms with Crippen LogP contribution in [-0.2, 0) is 6.54 Å². The quantitative estimate of drug-likeness (QED) is 0.477. The molecule has 0 saturated heterocycles. The molecule has 2 rings (SSSR count). The van der Waals surface area contributed by atoms with E-state index in [9.17, 15) is 9.90 Å². The van der Waals surface area contributed by atoms with Gasteiger partial charge in [-0.2, -0.15) is 5.10 Å². The Morgan fingerprint density at radius 3 is 2.94 bits per heavy atom. The predicted octanol–water partition coefficient (Wildman–Crippen LogP) is 0.936. The lowest BCUT2D eigenvalue weighted by molar-refractivity contribution is 0.0950. The molecule has 0 fully saturated rings. The summed E-state index contributed by atoms with van der Waals surface area (Å²) in [4.78, 5) is 11.8. The fourth-order valence-electron chi connectivity index (χ4n) is 1.52. The fourth-order valence-corrected chi connectivity index (χ4v) is 1.52. The summed E-state index contributed by atoms with van der Waals surface area (Å²) >= 11 is 0. The van der Waals surface area contributed by atoms with Crippen molar-refractivity contribution >= 4 is 11.6 Å². The van der Waals surface area contributed by atoms with Crippen molar-refractivity contribution in [1.82, 2.24) is 15.5 Å². The van der Waals surface area contributed by atoms with Crippen molar-refractivity contribution < 1.29 is 9.90 Å². The Bertz CT molecular complexity index is 577. The molecule has 94 valence electrons. The molecule has 1 aromatic carbocycles. The summed E-state index contributed by atoms with van der Waals surface area (Å²) in [5, 5.41) is 18.8. The van der Waals surface area contributed by atoms with Crippen LogP contribution in [0.1, 0.15) is 21.6 Å². The number of anilines is 1. The van der Waals surface area contributed by atoms with Crippen LogP contribution in [0.5, 0.6) is 5.75 Å². The van der Waals surface area contributed by atoms with Gasteiger partial charge in [0.1, 0.15) is 5.75 Å². The standard InChI is InChI=1S/C12H14N4O2/c1-7-9(6-15-16-7)5-14-12(18)8-2-3-10(13)11(17)4-8/h2-4,6,17H,5,13H2,1H3,(H,14,18)(H,15,16). The highest BCUT2D eigenvalue weighted by atomic mass is 16.3. The minimum atomic E-state index is -0.272. The van der Waals surface area contributed by atoms with Crippen LogP contribution in [0.25, 0.3) is 0 Å². The van der Waals surface area contributed by atoms with Crippen LogP contribution in [0.3, 0.4) is 0 Å². The fraction of sp³-hybridized carbons (Fsp3) is 0.167. The van der Waals surface area contributed by atoms with E-state index in [1.165, 1.54) is 12.1 Å². The summed E-state index contributed by atoms with van der Waals surface area (Å²) in [6.45, 7) is 2.26. The van der Waals surface area contributed by atoms with E-state index in [2.05, 4.69) is 15.5 Å². The van der Waals surface area contributed by atoms with E-state index < -0.39 is 0 Å². The third kappa shape index (κ3) is 2.42. The van der Waals surface area contributed by atoms with E-state index in [0.717, 1.165) is 11.3 Å². The number of aromatic nitrogens is 2. The first-order valence-electron chi connectivity index (χ1n) is 5.43.